The minimum Gasteiger partial charge on any atom is -0.441 e. The number of hydrogen-bond donors (Lipinski definition) is 0. The van der Waals surface area contributed by atoms with Gasteiger partial charge in [0.1, 0.15) is 5.52 Å². The standard InChI is InChI=1S/C17H21N3O3/c1-3-4-16(21)19-7-9-20(10-8-19)17(22)13-5-6-14-15(11-13)23-12(2)18-14/h5-6,11H,3-4,7-10H2,1-2H3. The summed E-state index contributed by atoms with van der Waals surface area (Å²) in [7, 11) is 0. The zero-order chi connectivity index (χ0) is 16.4. The maximum absolute atomic E-state index is 12.6. The monoisotopic (exact) mass is 315 g/mol. The Morgan fingerprint density at radius 2 is 1.87 bits per heavy atom. The quantitative estimate of drug-likeness (QED) is 0.871. The number of aryl methyl sites for hydroxylation is 1. The van der Waals surface area contributed by atoms with Crippen molar-refractivity contribution in [3.8, 4) is 0 Å². The molecule has 2 amide bonds. The van der Waals surface area contributed by atoms with Gasteiger partial charge in [0.15, 0.2) is 11.5 Å². The molecule has 122 valence electrons. The van der Waals surface area contributed by atoms with Gasteiger partial charge in [-0.25, -0.2) is 4.98 Å². The molecule has 0 bridgehead atoms. The average Bonchev–Trinajstić information content (AvgIpc) is 2.93. The number of benzene rings is 1. The fourth-order valence-corrected chi connectivity index (χ4v) is 2.89. The molecule has 1 aromatic carbocycles. The van der Waals surface area contributed by atoms with Crippen molar-refractivity contribution < 1.29 is 14.0 Å². The van der Waals surface area contributed by atoms with E-state index in [0.717, 1.165) is 11.9 Å². The van der Waals surface area contributed by atoms with Gasteiger partial charge in [-0.05, 0) is 24.6 Å². The van der Waals surface area contributed by atoms with Crippen LogP contribution in [0.2, 0.25) is 0 Å². The van der Waals surface area contributed by atoms with Crippen LogP contribution in [0.15, 0.2) is 22.6 Å². The van der Waals surface area contributed by atoms with E-state index in [1.807, 2.05) is 11.8 Å². The van der Waals surface area contributed by atoms with E-state index in [0.29, 0.717) is 49.6 Å². The minimum absolute atomic E-state index is 0.0245. The van der Waals surface area contributed by atoms with E-state index in [1.165, 1.54) is 0 Å². The number of carbonyl (C=O) groups is 2. The Balaban J connectivity index is 1.67. The molecule has 0 saturated carbocycles. The summed E-state index contributed by atoms with van der Waals surface area (Å²) in [5, 5.41) is 0. The van der Waals surface area contributed by atoms with E-state index in [9.17, 15) is 9.59 Å². The zero-order valence-electron chi connectivity index (χ0n) is 13.5. The number of nitrogens with zero attached hydrogens (tertiary/aromatic N) is 3. The molecule has 23 heavy (non-hydrogen) atoms. The van der Waals surface area contributed by atoms with Gasteiger partial charge in [0.05, 0.1) is 0 Å². The molecule has 6 nitrogen and oxygen atoms in total. The van der Waals surface area contributed by atoms with Crippen LogP contribution in [0.5, 0.6) is 0 Å². The van der Waals surface area contributed by atoms with Gasteiger partial charge >= 0.3 is 0 Å². The number of rotatable bonds is 3. The fourth-order valence-electron chi connectivity index (χ4n) is 2.89. The van der Waals surface area contributed by atoms with Crippen molar-refractivity contribution in [1.29, 1.82) is 0 Å². The summed E-state index contributed by atoms with van der Waals surface area (Å²) in [5.74, 6) is 0.745. The molecule has 1 fully saturated rings. The molecular weight excluding hydrogens is 294 g/mol. The number of amides is 2. The molecule has 1 saturated heterocycles. The van der Waals surface area contributed by atoms with Crippen LogP contribution in [0, 0.1) is 6.92 Å². The molecular formula is C17H21N3O3. The smallest absolute Gasteiger partial charge is 0.254 e. The summed E-state index contributed by atoms with van der Waals surface area (Å²) < 4.78 is 5.49. The first-order valence-corrected chi connectivity index (χ1v) is 8.02. The first-order valence-electron chi connectivity index (χ1n) is 8.02. The summed E-state index contributed by atoms with van der Waals surface area (Å²) in [4.78, 5) is 32.4. The van der Waals surface area contributed by atoms with E-state index in [2.05, 4.69) is 4.98 Å². The predicted octanol–water partition coefficient (Wildman–Crippen LogP) is 2.22. The molecule has 6 heteroatoms. The number of oxazole rings is 1. The summed E-state index contributed by atoms with van der Waals surface area (Å²) in [6, 6.07) is 5.33. The first kappa shape index (κ1) is 15.5. The minimum atomic E-state index is -0.0245. The van der Waals surface area contributed by atoms with Gasteiger partial charge in [-0.15, -0.1) is 0 Å². The number of aromatic nitrogens is 1. The third kappa shape index (κ3) is 3.21. The number of piperazine rings is 1. The Morgan fingerprint density at radius 3 is 2.57 bits per heavy atom. The van der Waals surface area contributed by atoms with Crippen LogP contribution in [0.1, 0.15) is 36.0 Å². The number of fused-ring (bicyclic) bond motifs is 1. The van der Waals surface area contributed by atoms with Crippen molar-refractivity contribution in [3.05, 3.63) is 29.7 Å². The van der Waals surface area contributed by atoms with Crippen LogP contribution in [0.25, 0.3) is 11.1 Å². The third-order valence-electron chi connectivity index (χ3n) is 4.13. The van der Waals surface area contributed by atoms with Gasteiger partial charge in [-0.2, -0.15) is 0 Å². The summed E-state index contributed by atoms with van der Waals surface area (Å²) >= 11 is 0. The van der Waals surface area contributed by atoms with E-state index in [-0.39, 0.29) is 11.8 Å². The molecule has 0 spiro atoms. The predicted molar refractivity (Wildman–Crippen MR) is 86.1 cm³/mol. The maximum Gasteiger partial charge on any atom is 0.254 e. The lowest BCUT2D eigenvalue weighted by Crippen LogP contribution is -2.50. The number of carbonyl (C=O) groups excluding carboxylic acids is 2. The molecule has 0 atom stereocenters. The maximum atomic E-state index is 12.6. The van der Waals surface area contributed by atoms with Crippen LogP contribution in [0.3, 0.4) is 0 Å². The highest BCUT2D eigenvalue weighted by Gasteiger charge is 2.24. The van der Waals surface area contributed by atoms with E-state index >= 15 is 0 Å². The molecule has 1 aliphatic heterocycles. The van der Waals surface area contributed by atoms with Gasteiger partial charge in [-0.3, -0.25) is 9.59 Å². The highest BCUT2D eigenvalue weighted by molar-refractivity contribution is 5.97. The Hall–Kier alpha value is -2.37. The van der Waals surface area contributed by atoms with Crippen molar-refractivity contribution in [2.24, 2.45) is 0 Å². The third-order valence-corrected chi connectivity index (χ3v) is 4.13. The molecule has 3 rings (SSSR count). The fraction of sp³-hybridized carbons (Fsp3) is 0.471. The second-order valence-electron chi connectivity index (χ2n) is 5.84. The summed E-state index contributed by atoms with van der Waals surface area (Å²) in [6.07, 6.45) is 1.43. The molecule has 1 aromatic heterocycles. The Kier molecular flexibility index (Phi) is 4.32. The Morgan fingerprint density at radius 1 is 1.17 bits per heavy atom. The Bertz CT molecular complexity index is 730. The van der Waals surface area contributed by atoms with Crippen molar-refractivity contribution in [2.75, 3.05) is 26.2 Å². The molecule has 1 aliphatic rings. The van der Waals surface area contributed by atoms with E-state index in [1.54, 1.807) is 30.0 Å². The van der Waals surface area contributed by atoms with Crippen molar-refractivity contribution in [3.63, 3.8) is 0 Å². The summed E-state index contributed by atoms with van der Waals surface area (Å²) in [6.45, 7) is 6.14. The zero-order valence-corrected chi connectivity index (χ0v) is 13.5. The van der Waals surface area contributed by atoms with Crippen molar-refractivity contribution in [1.82, 2.24) is 14.8 Å². The molecule has 2 aromatic rings. The molecule has 0 aliphatic carbocycles. The molecule has 0 unspecified atom stereocenters. The summed E-state index contributed by atoms with van der Waals surface area (Å²) in [5.41, 5.74) is 1.99. The lowest BCUT2D eigenvalue weighted by molar-refractivity contribution is -0.132. The highest BCUT2D eigenvalue weighted by Crippen LogP contribution is 2.18. The number of hydrogen-bond acceptors (Lipinski definition) is 4. The van der Waals surface area contributed by atoms with Crippen LogP contribution in [-0.4, -0.2) is 52.8 Å². The molecule has 0 N–H and O–H groups in total. The lowest BCUT2D eigenvalue weighted by atomic mass is 10.1. The first-order chi connectivity index (χ1) is 11.1. The SMILES string of the molecule is CCCC(=O)N1CCN(C(=O)c2ccc3nc(C)oc3c2)CC1. The normalized spacial score (nSPS) is 15.2. The van der Waals surface area contributed by atoms with Crippen LogP contribution in [-0.2, 0) is 4.79 Å². The second-order valence-corrected chi connectivity index (χ2v) is 5.84. The van der Waals surface area contributed by atoms with Crippen LogP contribution >= 0.6 is 0 Å². The largest absolute Gasteiger partial charge is 0.441 e. The van der Waals surface area contributed by atoms with Crippen molar-refractivity contribution in [2.45, 2.75) is 26.7 Å². The van der Waals surface area contributed by atoms with Crippen LogP contribution < -0.4 is 0 Å². The molecule has 0 radical (unpaired) electrons. The second kappa shape index (κ2) is 6.40. The van der Waals surface area contributed by atoms with Gasteiger partial charge in [-0.1, -0.05) is 6.92 Å². The van der Waals surface area contributed by atoms with Gasteiger partial charge in [0.25, 0.3) is 5.91 Å². The Labute approximate surface area is 135 Å². The lowest BCUT2D eigenvalue weighted by Gasteiger charge is -2.34. The van der Waals surface area contributed by atoms with Crippen LogP contribution in [0.4, 0.5) is 0 Å². The highest BCUT2D eigenvalue weighted by atomic mass is 16.3. The molecule has 2 heterocycles. The van der Waals surface area contributed by atoms with E-state index < -0.39 is 0 Å². The van der Waals surface area contributed by atoms with Gasteiger partial charge in [0, 0.05) is 45.1 Å². The topological polar surface area (TPSA) is 66.7 Å². The van der Waals surface area contributed by atoms with Gasteiger partial charge < -0.3 is 14.2 Å². The van der Waals surface area contributed by atoms with Gasteiger partial charge in [0.2, 0.25) is 5.91 Å². The average molecular weight is 315 g/mol. The van der Waals surface area contributed by atoms with Crippen molar-refractivity contribution >= 4 is 22.9 Å². The van der Waals surface area contributed by atoms with E-state index in [4.69, 9.17) is 4.42 Å².